The van der Waals surface area contributed by atoms with Gasteiger partial charge in [0.05, 0.1) is 12.8 Å². The molecule has 0 spiro atoms. The van der Waals surface area contributed by atoms with Crippen molar-refractivity contribution in [3.8, 4) is 5.75 Å². The smallest absolute Gasteiger partial charge is 0.283 e. The highest BCUT2D eigenvalue weighted by Gasteiger charge is 2.42. The molecular weight excluding hydrogens is 505 g/mol. The standard InChI is InChI=1S/C21H19ClIN3O3/c1-29-15-8-6-14(7-9-15)24-10-12-25(13-11-24)19-18(22)20(27)26(21(19)28)17-5-3-2-4-16(17)23/h2-9H,10-13H2,1H3. The number of amides is 2. The summed E-state index contributed by atoms with van der Waals surface area (Å²) >= 11 is 8.45. The molecule has 4 rings (SSSR count). The average Bonchev–Trinajstić information content (AvgIpc) is 2.97. The Bertz CT molecular complexity index is 985. The van der Waals surface area contributed by atoms with Gasteiger partial charge in [-0.25, -0.2) is 4.90 Å². The van der Waals surface area contributed by atoms with E-state index < -0.39 is 5.91 Å². The van der Waals surface area contributed by atoms with Gasteiger partial charge in [0.2, 0.25) is 0 Å². The third-order valence-electron chi connectivity index (χ3n) is 5.13. The second-order valence-corrected chi connectivity index (χ2v) is 8.27. The van der Waals surface area contributed by atoms with Crippen molar-refractivity contribution in [2.75, 3.05) is 43.1 Å². The Morgan fingerprint density at radius 2 is 1.52 bits per heavy atom. The van der Waals surface area contributed by atoms with Crippen molar-refractivity contribution < 1.29 is 14.3 Å². The average molecular weight is 524 g/mol. The lowest BCUT2D eigenvalue weighted by atomic mass is 10.2. The molecule has 2 aromatic rings. The number of imide groups is 1. The number of hydrogen-bond donors (Lipinski definition) is 0. The van der Waals surface area contributed by atoms with Gasteiger partial charge in [-0.1, -0.05) is 23.7 Å². The molecule has 1 fully saturated rings. The minimum atomic E-state index is -0.464. The maximum absolute atomic E-state index is 13.1. The van der Waals surface area contributed by atoms with E-state index in [0.717, 1.165) is 28.1 Å². The van der Waals surface area contributed by atoms with Gasteiger partial charge >= 0.3 is 0 Å². The second kappa shape index (κ2) is 8.23. The number of ether oxygens (including phenoxy) is 1. The fourth-order valence-corrected chi connectivity index (χ4v) is 4.51. The summed E-state index contributed by atoms with van der Waals surface area (Å²) in [6, 6.07) is 15.2. The minimum Gasteiger partial charge on any atom is -0.497 e. The van der Waals surface area contributed by atoms with Crippen molar-refractivity contribution in [1.29, 1.82) is 0 Å². The molecule has 1 saturated heterocycles. The zero-order chi connectivity index (χ0) is 20.5. The number of benzene rings is 2. The molecule has 2 aromatic carbocycles. The molecule has 8 heteroatoms. The monoisotopic (exact) mass is 523 g/mol. The van der Waals surface area contributed by atoms with Gasteiger partial charge in [0.15, 0.2) is 0 Å². The van der Waals surface area contributed by atoms with Crippen molar-refractivity contribution in [3.05, 3.63) is 62.8 Å². The zero-order valence-corrected chi connectivity index (χ0v) is 18.7. The van der Waals surface area contributed by atoms with Crippen molar-refractivity contribution >= 4 is 57.4 Å². The van der Waals surface area contributed by atoms with Crippen molar-refractivity contribution in [2.24, 2.45) is 0 Å². The first-order valence-corrected chi connectivity index (χ1v) is 10.6. The van der Waals surface area contributed by atoms with E-state index in [0.29, 0.717) is 24.5 Å². The molecule has 0 unspecified atom stereocenters. The fraction of sp³-hybridized carbons (Fsp3) is 0.238. The van der Waals surface area contributed by atoms with E-state index in [-0.39, 0.29) is 10.9 Å². The van der Waals surface area contributed by atoms with Crippen LogP contribution in [0, 0.1) is 3.57 Å². The topological polar surface area (TPSA) is 53.1 Å². The Morgan fingerprint density at radius 1 is 0.897 bits per heavy atom. The van der Waals surface area contributed by atoms with Crippen molar-refractivity contribution in [3.63, 3.8) is 0 Å². The lowest BCUT2D eigenvalue weighted by Crippen LogP contribution is -2.47. The Kier molecular flexibility index (Phi) is 5.69. The lowest BCUT2D eigenvalue weighted by Gasteiger charge is -2.37. The number of methoxy groups -OCH3 is 1. The first-order valence-electron chi connectivity index (χ1n) is 9.18. The molecule has 0 bridgehead atoms. The highest BCUT2D eigenvalue weighted by Crippen LogP contribution is 2.34. The Balaban J connectivity index is 1.50. The molecule has 0 radical (unpaired) electrons. The van der Waals surface area contributed by atoms with Crippen LogP contribution < -0.4 is 14.5 Å². The summed E-state index contributed by atoms with van der Waals surface area (Å²) in [6.45, 7) is 2.67. The molecule has 0 N–H and O–H groups in total. The van der Waals surface area contributed by atoms with Crippen LogP contribution in [-0.2, 0) is 9.59 Å². The molecule has 2 heterocycles. The predicted octanol–water partition coefficient (Wildman–Crippen LogP) is 3.45. The van der Waals surface area contributed by atoms with Gasteiger partial charge in [-0.15, -0.1) is 0 Å². The number of rotatable bonds is 4. The normalized spacial score (nSPS) is 17.4. The molecule has 150 valence electrons. The molecular formula is C21H19ClIN3O3. The summed E-state index contributed by atoms with van der Waals surface area (Å²) in [5.41, 5.74) is 1.96. The summed E-state index contributed by atoms with van der Waals surface area (Å²) < 4.78 is 6.03. The van der Waals surface area contributed by atoms with Gasteiger partial charge < -0.3 is 14.5 Å². The largest absolute Gasteiger partial charge is 0.497 e. The van der Waals surface area contributed by atoms with Crippen LogP contribution in [0.4, 0.5) is 11.4 Å². The lowest BCUT2D eigenvalue weighted by molar-refractivity contribution is -0.121. The maximum Gasteiger partial charge on any atom is 0.283 e. The summed E-state index contributed by atoms with van der Waals surface area (Å²) in [5, 5.41) is -0.00690. The third-order valence-corrected chi connectivity index (χ3v) is 6.38. The SMILES string of the molecule is COc1ccc(N2CCN(C3=C(Cl)C(=O)N(c4ccccc4I)C3=O)CC2)cc1. The number of para-hydroxylation sites is 1. The predicted molar refractivity (Wildman–Crippen MR) is 121 cm³/mol. The van der Waals surface area contributed by atoms with Gasteiger partial charge in [-0.2, -0.15) is 0 Å². The van der Waals surface area contributed by atoms with Crippen LogP contribution in [0.1, 0.15) is 0 Å². The van der Waals surface area contributed by atoms with Gasteiger partial charge in [0.25, 0.3) is 11.8 Å². The van der Waals surface area contributed by atoms with Crippen LogP contribution in [0.3, 0.4) is 0 Å². The molecule has 2 amide bonds. The first kappa shape index (κ1) is 20.0. The van der Waals surface area contributed by atoms with Crippen LogP contribution in [0.5, 0.6) is 5.75 Å². The molecule has 2 aliphatic heterocycles. The molecule has 2 aliphatic rings. The van der Waals surface area contributed by atoms with E-state index in [4.69, 9.17) is 16.3 Å². The Labute approximate surface area is 187 Å². The number of carbonyl (C=O) groups excluding carboxylic acids is 2. The van der Waals surface area contributed by atoms with E-state index in [2.05, 4.69) is 27.5 Å². The summed E-state index contributed by atoms with van der Waals surface area (Å²) in [6.07, 6.45) is 0. The number of hydrogen-bond acceptors (Lipinski definition) is 5. The quantitative estimate of drug-likeness (QED) is 0.454. The fourth-order valence-electron chi connectivity index (χ4n) is 3.60. The number of carbonyl (C=O) groups is 2. The highest BCUT2D eigenvalue weighted by molar-refractivity contribution is 14.1. The molecule has 0 saturated carbocycles. The Hall–Kier alpha value is -2.26. The van der Waals surface area contributed by atoms with Crippen LogP contribution in [-0.4, -0.2) is 50.0 Å². The summed E-state index contributed by atoms with van der Waals surface area (Å²) in [4.78, 5) is 31.2. The van der Waals surface area contributed by atoms with Crippen LogP contribution in [0.15, 0.2) is 59.3 Å². The van der Waals surface area contributed by atoms with Gasteiger partial charge in [0, 0.05) is 35.4 Å². The van der Waals surface area contributed by atoms with E-state index in [9.17, 15) is 9.59 Å². The zero-order valence-electron chi connectivity index (χ0n) is 15.8. The highest BCUT2D eigenvalue weighted by atomic mass is 127. The van der Waals surface area contributed by atoms with Crippen LogP contribution in [0.2, 0.25) is 0 Å². The second-order valence-electron chi connectivity index (χ2n) is 6.73. The Morgan fingerprint density at radius 3 is 2.14 bits per heavy atom. The first-order chi connectivity index (χ1) is 14.0. The van der Waals surface area contributed by atoms with Gasteiger partial charge in [0.1, 0.15) is 16.5 Å². The van der Waals surface area contributed by atoms with Crippen LogP contribution in [0.25, 0.3) is 0 Å². The van der Waals surface area contributed by atoms with E-state index in [1.807, 2.05) is 41.3 Å². The third kappa shape index (κ3) is 3.69. The number of halogens is 2. The number of anilines is 2. The van der Waals surface area contributed by atoms with Gasteiger partial charge in [-0.3, -0.25) is 9.59 Å². The minimum absolute atomic E-state index is 0.00690. The maximum atomic E-state index is 13.1. The number of nitrogens with zero attached hydrogens (tertiary/aromatic N) is 3. The van der Waals surface area contributed by atoms with Gasteiger partial charge in [-0.05, 0) is 59.0 Å². The number of piperazine rings is 1. The van der Waals surface area contributed by atoms with E-state index >= 15 is 0 Å². The molecule has 6 nitrogen and oxygen atoms in total. The molecule has 0 atom stereocenters. The molecule has 0 aromatic heterocycles. The summed E-state index contributed by atoms with van der Waals surface area (Å²) in [5.74, 6) is -0.00889. The van der Waals surface area contributed by atoms with Crippen molar-refractivity contribution in [1.82, 2.24) is 4.90 Å². The molecule has 29 heavy (non-hydrogen) atoms. The summed E-state index contributed by atoms with van der Waals surface area (Å²) in [7, 11) is 1.64. The van der Waals surface area contributed by atoms with Crippen LogP contribution >= 0.6 is 34.2 Å². The van der Waals surface area contributed by atoms with E-state index in [1.54, 1.807) is 19.2 Å². The van der Waals surface area contributed by atoms with E-state index in [1.165, 1.54) is 4.90 Å². The van der Waals surface area contributed by atoms with Crippen molar-refractivity contribution in [2.45, 2.75) is 0 Å². The molecule has 0 aliphatic carbocycles.